The third-order valence-corrected chi connectivity index (χ3v) is 3.26. The highest BCUT2D eigenvalue weighted by atomic mass is 16.1. The topological polar surface area (TPSA) is 60.2 Å². The number of unbranched alkanes of at least 4 members (excludes halogenated alkanes) is 2. The summed E-state index contributed by atoms with van der Waals surface area (Å²) in [5.74, 6) is -0.138. The number of rotatable bonds is 9. The molecule has 1 amide bonds. The number of Topliss-reactive ketones (excluding diaryl/α,β-unsaturated/α-hetero) is 1. The first-order valence-corrected chi connectivity index (χ1v) is 6.32. The molecule has 0 aliphatic rings. The van der Waals surface area contributed by atoms with E-state index >= 15 is 0 Å². The number of carbonyl (C=O) groups is 2. The molecule has 0 aliphatic heterocycles. The lowest BCUT2D eigenvalue weighted by atomic mass is 9.81. The maximum atomic E-state index is 11.6. The number of primary amides is 1. The first kappa shape index (κ1) is 15.9. The zero-order valence-electron chi connectivity index (χ0n) is 11.3. The number of amides is 1. The van der Waals surface area contributed by atoms with Crippen LogP contribution in [0, 0.1) is 5.41 Å². The second-order valence-corrected chi connectivity index (χ2v) is 5.09. The van der Waals surface area contributed by atoms with Gasteiger partial charge in [0.2, 0.25) is 5.91 Å². The maximum Gasteiger partial charge on any atom is 0.227 e. The van der Waals surface area contributed by atoms with Gasteiger partial charge in [0.15, 0.2) is 0 Å². The monoisotopic (exact) mass is 239 g/mol. The van der Waals surface area contributed by atoms with Crippen LogP contribution in [0.25, 0.3) is 0 Å². The Labute approximate surface area is 104 Å². The molecule has 17 heavy (non-hydrogen) atoms. The van der Waals surface area contributed by atoms with E-state index in [2.05, 4.69) is 13.5 Å². The van der Waals surface area contributed by atoms with Crippen molar-refractivity contribution in [1.82, 2.24) is 0 Å². The van der Waals surface area contributed by atoms with Crippen LogP contribution in [0.5, 0.6) is 0 Å². The van der Waals surface area contributed by atoms with Crippen molar-refractivity contribution in [1.29, 1.82) is 0 Å². The molecule has 0 saturated heterocycles. The SMILES string of the molecule is C=C(CCC(=O)CCCCC)C(C)(C)C(N)=O. The Morgan fingerprint density at radius 1 is 1.12 bits per heavy atom. The molecule has 0 aromatic carbocycles. The second kappa shape index (κ2) is 7.25. The second-order valence-electron chi connectivity index (χ2n) is 5.09. The smallest absolute Gasteiger partial charge is 0.227 e. The van der Waals surface area contributed by atoms with Crippen molar-refractivity contribution < 1.29 is 9.59 Å². The van der Waals surface area contributed by atoms with Crippen molar-refractivity contribution in [2.24, 2.45) is 11.1 Å². The average Bonchev–Trinajstić information content (AvgIpc) is 2.25. The van der Waals surface area contributed by atoms with Crippen LogP contribution in [-0.4, -0.2) is 11.7 Å². The van der Waals surface area contributed by atoms with E-state index < -0.39 is 5.41 Å². The summed E-state index contributed by atoms with van der Waals surface area (Å²) in [6.07, 6.45) is 4.84. The molecule has 0 unspecified atom stereocenters. The number of ketones is 1. The van der Waals surface area contributed by atoms with Gasteiger partial charge in [-0.3, -0.25) is 9.59 Å². The van der Waals surface area contributed by atoms with Crippen molar-refractivity contribution in [3.8, 4) is 0 Å². The highest BCUT2D eigenvalue weighted by molar-refractivity contribution is 5.84. The van der Waals surface area contributed by atoms with Crippen LogP contribution in [0.3, 0.4) is 0 Å². The van der Waals surface area contributed by atoms with Gasteiger partial charge in [-0.2, -0.15) is 0 Å². The molecule has 0 radical (unpaired) electrons. The highest BCUT2D eigenvalue weighted by Crippen LogP contribution is 2.28. The Morgan fingerprint density at radius 2 is 1.71 bits per heavy atom. The van der Waals surface area contributed by atoms with E-state index in [-0.39, 0.29) is 11.7 Å². The molecule has 98 valence electrons. The van der Waals surface area contributed by atoms with Gasteiger partial charge in [0.1, 0.15) is 5.78 Å². The van der Waals surface area contributed by atoms with Gasteiger partial charge in [-0.1, -0.05) is 31.9 Å². The number of nitrogens with two attached hydrogens (primary N) is 1. The van der Waals surface area contributed by atoms with Crippen molar-refractivity contribution in [2.75, 3.05) is 0 Å². The van der Waals surface area contributed by atoms with E-state index in [4.69, 9.17) is 5.73 Å². The summed E-state index contributed by atoms with van der Waals surface area (Å²) in [5, 5.41) is 0. The number of hydrogen-bond acceptors (Lipinski definition) is 2. The van der Waals surface area contributed by atoms with Crippen LogP contribution in [0.2, 0.25) is 0 Å². The van der Waals surface area contributed by atoms with Crippen LogP contribution in [-0.2, 0) is 9.59 Å². The van der Waals surface area contributed by atoms with Gasteiger partial charge in [0.05, 0.1) is 5.41 Å². The molecule has 0 aromatic rings. The number of hydrogen-bond donors (Lipinski definition) is 1. The molecule has 3 nitrogen and oxygen atoms in total. The van der Waals surface area contributed by atoms with Gasteiger partial charge < -0.3 is 5.73 Å². The van der Waals surface area contributed by atoms with E-state index in [1.165, 1.54) is 0 Å². The fourth-order valence-electron chi connectivity index (χ4n) is 1.47. The summed E-state index contributed by atoms with van der Waals surface area (Å²) in [6, 6.07) is 0. The third-order valence-electron chi connectivity index (χ3n) is 3.26. The van der Waals surface area contributed by atoms with Gasteiger partial charge in [-0.05, 0) is 26.7 Å². The summed E-state index contributed by atoms with van der Waals surface area (Å²) >= 11 is 0. The van der Waals surface area contributed by atoms with Crippen molar-refractivity contribution in [2.45, 2.75) is 59.3 Å². The summed E-state index contributed by atoms with van der Waals surface area (Å²) in [4.78, 5) is 22.8. The molecule has 0 aliphatic carbocycles. The third kappa shape index (κ3) is 5.66. The van der Waals surface area contributed by atoms with Gasteiger partial charge >= 0.3 is 0 Å². The molecule has 3 heteroatoms. The molecule has 0 rings (SSSR count). The lowest BCUT2D eigenvalue weighted by molar-refractivity contribution is -0.124. The molecule has 2 N–H and O–H groups in total. The Hall–Kier alpha value is -1.12. The minimum atomic E-state index is -0.719. The largest absolute Gasteiger partial charge is 0.369 e. The standard InChI is InChI=1S/C14H25NO2/c1-5-6-7-8-12(16)10-9-11(2)14(3,4)13(15)17/h2,5-10H2,1,3-4H3,(H2,15,17). The van der Waals surface area contributed by atoms with Crippen LogP contribution in [0.4, 0.5) is 0 Å². The predicted octanol–water partition coefficient (Wildman–Crippen LogP) is 2.98. The fourth-order valence-corrected chi connectivity index (χ4v) is 1.47. The molecular weight excluding hydrogens is 214 g/mol. The summed E-state index contributed by atoms with van der Waals surface area (Å²) < 4.78 is 0. The molecule has 0 saturated carbocycles. The van der Waals surface area contributed by atoms with E-state index in [0.29, 0.717) is 19.3 Å². The molecule has 0 spiro atoms. The Kier molecular flexibility index (Phi) is 6.78. The molecule has 0 fully saturated rings. The van der Waals surface area contributed by atoms with Gasteiger partial charge in [0, 0.05) is 12.8 Å². The minimum Gasteiger partial charge on any atom is -0.369 e. The minimum absolute atomic E-state index is 0.250. The average molecular weight is 239 g/mol. The van der Waals surface area contributed by atoms with Crippen LogP contribution in [0.1, 0.15) is 59.3 Å². The Morgan fingerprint density at radius 3 is 2.18 bits per heavy atom. The van der Waals surface area contributed by atoms with E-state index in [1.54, 1.807) is 13.8 Å². The zero-order chi connectivity index (χ0) is 13.5. The lowest BCUT2D eigenvalue weighted by Gasteiger charge is -2.23. The van der Waals surface area contributed by atoms with Crippen LogP contribution >= 0.6 is 0 Å². The van der Waals surface area contributed by atoms with Gasteiger partial charge in [0.25, 0.3) is 0 Å². The van der Waals surface area contributed by atoms with Crippen LogP contribution < -0.4 is 5.73 Å². The molecule has 0 aromatic heterocycles. The van der Waals surface area contributed by atoms with Crippen molar-refractivity contribution in [3.05, 3.63) is 12.2 Å². The molecule has 0 atom stereocenters. The first-order valence-electron chi connectivity index (χ1n) is 6.32. The predicted molar refractivity (Wildman–Crippen MR) is 70.5 cm³/mol. The zero-order valence-corrected chi connectivity index (χ0v) is 11.3. The van der Waals surface area contributed by atoms with E-state index in [1.807, 2.05) is 0 Å². The van der Waals surface area contributed by atoms with Crippen LogP contribution in [0.15, 0.2) is 12.2 Å². The fraction of sp³-hybridized carbons (Fsp3) is 0.714. The number of carbonyl (C=O) groups excluding carboxylic acids is 2. The van der Waals surface area contributed by atoms with E-state index in [0.717, 1.165) is 24.8 Å². The maximum absolute atomic E-state index is 11.6. The summed E-state index contributed by atoms with van der Waals surface area (Å²) in [7, 11) is 0. The Balaban J connectivity index is 4.00. The molecular formula is C14H25NO2. The van der Waals surface area contributed by atoms with Gasteiger partial charge in [-0.25, -0.2) is 0 Å². The first-order chi connectivity index (χ1) is 7.82. The molecule has 0 bridgehead atoms. The highest BCUT2D eigenvalue weighted by Gasteiger charge is 2.28. The quantitative estimate of drug-likeness (QED) is 0.496. The van der Waals surface area contributed by atoms with Gasteiger partial charge in [-0.15, -0.1) is 0 Å². The normalized spacial score (nSPS) is 11.2. The van der Waals surface area contributed by atoms with E-state index in [9.17, 15) is 9.59 Å². The lowest BCUT2D eigenvalue weighted by Crippen LogP contribution is -2.33. The van der Waals surface area contributed by atoms with Crippen molar-refractivity contribution >= 4 is 11.7 Å². The summed E-state index contributed by atoms with van der Waals surface area (Å²) in [5.41, 5.74) is 5.32. The van der Waals surface area contributed by atoms with Crippen molar-refractivity contribution in [3.63, 3.8) is 0 Å². The summed E-state index contributed by atoms with van der Waals surface area (Å²) in [6.45, 7) is 9.47. The molecule has 0 heterocycles. The Bertz CT molecular complexity index is 293.